The minimum Gasteiger partial charge on any atom is -0.494 e. The number of anilines is 1. The minimum atomic E-state index is -0.294. The van der Waals surface area contributed by atoms with Gasteiger partial charge in [-0.1, -0.05) is 0 Å². The highest BCUT2D eigenvalue weighted by Gasteiger charge is 2.14. The second kappa shape index (κ2) is 9.22. The molecule has 0 fully saturated rings. The summed E-state index contributed by atoms with van der Waals surface area (Å²) in [6, 6.07) is 7.31. The van der Waals surface area contributed by atoms with Gasteiger partial charge >= 0.3 is 5.97 Å². The van der Waals surface area contributed by atoms with Gasteiger partial charge in [-0.3, -0.25) is 4.79 Å². The van der Waals surface area contributed by atoms with Crippen LogP contribution in [0.1, 0.15) is 30.3 Å². The number of nitrogens with zero attached hydrogens (tertiary/aromatic N) is 4. The molecule has 9 heteroatoms. The summed E-state index contributed by atoms with van der Waals surface area (Å²) in [5.74, 6) is 1.82. The number of esters is 1. The van der Waals surface area contributed by atoms with E-state index in [0.717, 1.165) is 22.7 Å². The summed E-state index contributed by atoms with van der Waals surface area (Å²) in [6.07, 6.45) is 0.737. The molecular weight excluding hydrogens is 374 g/mol. The van der Waals surface area contributed by atoms with Crippen LogP contribution in [0.3, 0.4) is 0 Å². The van der Waals surface area contributed by atoms with E-state index in [-0.39, 0.29) is 31.6 Å². The van der Waals surface area contributed by atoms with Crippen LogP contribution in [0.2, 0.25) is 0 Å². The predicted molar refractivity (Wildman–Crippen MR) is 107 cm³/mol. The summed E-state index contributed by atoms with van der Waals surface area (Å²) in [7, 11) is 0. The zero-order valence-corrected chi connectivity index (χ0v) is 16.8. The first-order valence-electron chi connectivity index (χ1n) is 9.47. The van der Waals surface area contributed by atoms with Gasteiger partial charge in [0.15, 0.2) is 0 Å². The summed E-state index contributed by atoms with van der Waals surface area (Å²) in [5, 5.41) is 4.13. The van der Waals surface area contributed by atoms with Crippen LogP contribution < -0.4 is 15.2 Å². The molecule has 0 bridgehead atoms. The SMILES string of the molecule is CCOc1ccc(OCCOC(=O)CCc2c(C)nc3nc(N)nn3c2C)cc1. The normalized spacial score (nSPS) is 10.9. The molecule has 0 unspecified atom stereocenters. The van der Waals surface area contributed by atoms with E-state index in [9.17, 15) is 4.79 Å². The Kier molecular flexibility index (Phi) is 6.48. The number of aromatic nitrogens is 4. The van der Waals surface area contributed by atoms with Crippen LogP contribution in [0.5, 0.6) is 11.5 Å². The molecule has 0 saturated heterocycles. The van der Waals surface area contributed by atoms with Gasteiger partial charge in [-0.15, -0.1) is 5.10 Å². The number of ether oxygens (including phenoxy) is 3. The van der Waals surface area contributed by atoms with Gasteiger partial charge in [-0.05, 0) is 57.0 Å². The Balaban J connectivity index is 1.45. The van der Waals surface area contributed by atoms with Gasteiger partial charge in [0.25, 0.3) is 5.78 Å². The molecule has 3 rings (SSSR count). The van der Waals surface area contributed by atoms with E-state index in [0.29, 0.717) is 24.6 Å². The predicted octanol–water partition coefficient (Wildman–Crippen LogP) is 2.28. The zero-order chi connectivity index (χ0) is 20.8. The molecular formula is C20H25N5O4. The van der Waals surface area contributed by atoms with Crippen LogP contribution >= 0.6 is 0 Å². The van der Waals surface area contributed by atoms with Crippen molar-refractivity contribution in [1.29, 1.82) is 0 Å². The molecule has 0 aliphatic rings. The summed E-state index contributed by atoms with van der Waals surface area (Å²) >= 11 is 0. The van der Waals surface area contributed by atoms with E-state index in [4.69, 9.17) is 19.9 Å². The number of hydrogen-bond donors (Lipinski definition) is 1. The molecule has 0 spiro atoms. The average molecular weight is 399 g/mol. The van der Waals surface area contributed by atoms with Crippen LogP contribution in [-0.4, -0.2) is 45.4 Å². The summed E-state index contributed by atoms with van der Waals surface area (Å²) < 4.78 is 17.8. The minimum absolute atomic E-state index is 0.170. The van der Waals surface area contributed by atoms with Gasteiger partial charge in [0.05, 0.1) is 6.61 Å². The number of hydrogen-bond acceptors (Lipinski definition) is 8. The maximum absolute atomic E-state index is 12.1. The van der Waals surface area contributed by atoms with E-state index in [1.165, 1.54) is 0 Å². The highest BCUT2D eigenvalue weighted by atomic mass is 16.6. The number of fused-ring (bicyclic) bond motifs is 1. The van der Waals surface area contributed by atoms with E-state index >= 15 is 0 Å². The van der Waals surface area contributed by atoms with Crippen LogP contribution in [-0.2, 0) is 16.0 Å². The largest absolute Gasteiger partial charge is 0.494 e. The van der Waals surface area contributed by atoms with E-state index in [1.807, 2.05) is 45.0 Å². The second-order valence-electron chi connectivity index (χ2n) is 6.42. The molecule has 29 heavy (non-hydrogen) atoms. The van der Waals surface area contributed by atoms with Crippen LogP contribution in [0.25, 0.3) is 5.78 Å². The lowest BCUT2D eigenvalue weighted by molar-refractivity contribution is -0.144. The molecule has 2 aromatic heterocycles. The van der Waals surface area contributed by atoms with Gasteiger partial charge in [-0.2, -0.15) is 9.50 Å². The Morgan fingerprint density at radius 1 is 1.07 bits per heavy atom. The Morgan fingerprint density at radius 2 is 1.76 bits per heavy atom. The maximum Gasteiger partial charge on any atom is 0.306 e. The van der Waals surface area contributed by atoms with Gasteiger partial charge in [0, 0.05) is 17.8 Å². The van der Waals surface area contributed by atoms with Crippen molar-refractivity contribution in [2.75, 3.05) is 25.6 Å². The molecule has 2 N–H and O–H groups in total. The first-order valence-corrected chi connectivity index (χ1v) is 9.47. The van der Waals surface area contributed by atoms with Gasteiger partial charge in [0.1, 0.15) is 24.7 Å². The molecule has 3 aromatic rings. The third-order valence-corrected chi connectivity index (χ3v) is 4.39. The van der Waals surface area contributed by atoms with Crippen molar-refractivity contribution in [3.05, 3.63) is 41.2 Å². The molecule has 9 nitrogen and oxygen atoms in total. The Bertz CT molecular complexity index is 985. The Morgan fingerprint density at radius 3 is 2.45 bits per heavy atom. The maximum atomic E-state index is 12.1. The van der Waals surface area contributed by atoms with Gasteiger partial charge in [0.2, 0.25) is 5.95 Å². The topological polar surface area (TPSA) is 114 Å². The molecule has 0 atom stereocenters. The number of nitrogens with two attached hydrogens (primary N) is 1. The standard InChI is InChI=1S/C20H25N5O4/c1-4-27-15-5-7-16(8-6-15)28-11-12-29-18(26)10-9-17-13(2)22-20-23-19(21)24-25(20)14(17)3/h5-8H,4,9-12H2,1-3H3,(H2,21,24). The van der Waals surface area contributed by atoms with Crippen LogP contribution in [0, 0.1) is 13.8 Å². The smallest absolute Gasteiger partial charge is 0.306 e. The molecule has 0 aliphatic carbocycles. The fourth-order valence-corrected chi connectivity index (χ4v) is 3.00. The van der Waals surface area contributed by atoms with Crippen molar-refractivity contribution in [1.82, 2.24) is 19.6 Å². The van der Waals surface area contributed by atoms with E-state index in [1.54, 1.807) is 4.52 Å². The highest BCUT2D eigenvalue weighted by molar-refractivity contribution is 5.69. The van der Waals surface area contributed by atoms with Crippen molar-refractivity contribution >= 4 is 17.7 Å². The fraction of sp³-hybridized carbons (Fsp3) is 0.400. The van der Waals surface area contributed by atoms with E-state index in [2.05, 4.69) is 15.1 Å². The molecule has 0 aliphatic heterocycles. The lowest BCUT2D eigenvalue weighted by Gasteiger charge is -2.11. The van der Waals surface area contributed by atoms with E-state index < -0.39 is 0 Å². The molecule has 1 aromatic carbocycles. The highest BCUT2D eigenvalue weighted by Crippen LogP contribution is 2.18. The first-order chi connectivity index (χ1) is 14.0. The molecule has 0 radical (unpaired) electrons. The lowest BCUT2D eigenvalue weighted by atomic mass is 10.1. The number of benzene rings is 1. The summed E-state index contributed by atoms with van der Waals surface area (Å²) in [6.45, 7) is 6.79. The lowest BCUT2D eigenvalue weighted by Crippen LogP contribution is -2.14. The van der Waals surface area contributed by atoms with Crippen molar-refractivity contribution < 1.29 is 19.0 Å². The molecule has 154 valence electrons. The average Bonchev–Trinajstić information content (AvgIpc) is 3.07. The van der Waals surface area contributed by atoms with Gasteiger partial charge in [-0.25, -0.2) is 4.98 Å². The second-order valence-corrected chi connectivity index (χ2v) is 6.42. The summed E-state index contributed by atoms with van der Waals surface area (Å²) in [5.41, 5.74) is 8.24. The quantitative estimate of drug-likeness (QED) is 0.431. The number of rotatable bonds is 9. The number of nitrogen functional groups attached to an aromatic ring is 1. The number of carbonyl (C=O) groups is 1. The van der Waals surface area contributed by atoms with Crippen LogP contribution in [0.4, 0.5) is 5.95 Å². The molecule has 2 heterocycles. The molecule has 0 saturated carbocycles. The summed E-state index contributed by atoms with van der Waals surface area (Å²) in [4.78, 5) is 20.5. The molecule has 0 amide bonds. The monoisotopic (exact) mass is 399 g/mol. The van der Waals surface area contributed by atoms with Crippen molar-refractivity contribution in [2.45, 2.75) is 33.6 Å². The number of aryl methyl sites for hydroxylation is 2. The van der Waals surface area contributed by atoms with Crippen molar-refractivity contribution in [2.24, 2.45) is 0 Å². The third-order valence-electron chi connectivity index (χ3n) is 4.39. The van der Waals surface area contributed by atoms with Crippen molar-refractivity contribution in [3.63, 3.8) is 0 Å². The zero-order valence-electron chi connectivity index (χ0n) is 16.8. The Hall–Kier alpha value is -3.36. The van der Waals surface area contributed by atoms with Crippen molar-refractivity contribution in [3.8, 4) is 11.5 Å². The Labute approximate surface area is 168 Å². The third kappa shape index (κ3) is 5.13. The fourth-order valence-electron chi connectivity index (χ4n) is 3.00. The number of carbonyl (C=O) groups excluding carboxylic acids is 1. The van der Waals surface area contributed by atoms with Crippen LogP contribution in [0.15, 0.2) is 24.3 Å². The first kappa shape index (κ1) is 20.4. The van der Waals surface area contributed by atoms with Gasteiger partial charge < -0.3 is 19.9 Å².